The van der Waals surface area contributed by atoms with E-state index in [1.807, 2.05) is 27.7 Å². The number of hydrogen-bond donors (Lipinski definition) is 4. The van der Waals surface area contributed by atoms with Gasteiger partial charge >= 0.3 is 8.25 Å². The molecule has 1 unspecified atom stereocenters. The second-order valence-corrected chi connectivity index (χ2v) is 13.2. The second kappa shape index (κ2) is 16.3. The Morgan fingerprint density at radius 1 is 1.05 bits per heavy atom. The van der Waals surface area contributed by atoms with Gasteiger partial charge in [-0.1, -0.05) is 53.4 Å². The second-order valence-electron chi connectivity index (χ2n) is 12.5. The predicted octanol–water partition coefficient (Wildman–Crippen LogP) is 2.71. The fraction of sp³-hybridized carbons (Fsp3) is 0.724. The van der Waals surface area contributed by atoms with Crippen molar-refractivity contribution in [2.75, 3.05) is 6.54 Å². The highest BCUT2D eigenvalue weighted by Gasteiger charge is 2.43. The largest absolute Gasteiger partial charge is 0.342 e. The van der Waals surface area contributed by atoms with Crippen molar-refractivity contribution in [1.82, 2.24) is 30.8 Å². The third-order valence-corrected chi connectivity index (χ3v) is 8.56. The smallest absolute Gasteiger partial charge is 0.318 e. The summed E-state index contributed by atoms with van der Waals surface area (Å²) in [5.74, 6) is -1.94. The maximum Gasteiger partial charge on any atom is 0.318 e. The SMILES string of the molecule is CCC[C@H](NC(=O)[C@@H]1CCCCN1C(=O)[C@@H](NC(=O)[C@@H](NC(=O)c1cnccn1)C1CCCCC1)C(C)(C)C)O[PH](=O)O. The molecule has 1 saturated heterocycles. The molecule has 0 aromatic carbocycles. The van der Waals surface area contributed by atoms with Crippen LogP contribution in [0.3, 0.4) is 0 Å². The fourth-order valence-electron chi connectivity index (χ4n) is 5.81. The van der Waals surface area contributed by atoms with Crippen molar-refractivity contribution in [2.24, 2.45) is 11.3 Å². The molecule has 3 rings (SSSR count). The van der Waals surface area contributed by atoms with Crippen LogP contribution in [-0.2, 0) is 23.5 Å². The lowest BCUT2D eigenvalue weighted by Crippen LogP contribution is -2.63. The van der Waals surface area contributed by atoms with E-state index in [9.17, 15) is 28.6 Å². The summed E-state index contributed by atoms with van der Waals surface area (Å²) < 4.78 is 16.3. The van der Waals surface area contributed by atoms with Crippen LogP contribution in [0.15, 0.2) is 18.6 Å². The van der Waals surface area contributed by atoms with E-state index >= 15 is 0 Å². The number of rotatable bonds is 12. The Kier molecular flexibility index (Phi) is 13.1. The van der Waals surface area contributed by atoms with Crippen LogP contribution in [0.25, 0.3) is 0 Å². The van der Waals surface area contributed by atoms with Crippen molar-refractivity contribution in [2.45, 2.75) is 116 Å². The topological polar surface area (TPSA) is 180 Å². The average molecular weight is 623 g/mol. The quantitative estimate of drug-likeness (QED) is 0.201. The summed E-state index contributed by atoms with van der Waals surface area (Å²) >= 11 is 0. The van der Waals surface area contributed by atoms with Crippen molar-refractivity contribution in [3.05, 3.63) is 24.3 Å². The number of hydrogen-bond acceptors (Lipinski definition) is 8. The zero-order valence-corrected chi connectivity index (χ0v) is 26.6. The van der Waals surface area contributed by atoms with Gasteiger partial charge in [0.2, 0.25) is 17.7 Å². The molecule has 14 heteroatoms. The zero-order valence-electron chi connectivity index (χ0n) is 25.6. The van der Waals surface area contributed by atoms with Gasteiger partial charge in [-0.25, -0.2) is 4.98 Å². The molecule has 43 heavy (non-hydrogen) atoms. The normalized spacial score (nSPS) is 20.8. The van der Waals surface area contributed by atoms with Gasteiger partial charge in [-0.05, 0) is 49.9 Å². The molecule has 1 aliphatic carbocycles. The average Bonchev–Trinajstić information content (AvgIpc) is 2.98. The molecule has 2 heterocycles. The highest BCUT2D eigenvalue weighted by molar-refractivity contribution is 7.32. The number of nitrogens with zero attached hydrogens (tertiary/aromatic N) is 3. The molecule has 4 amide bonds. The molecule has 0 radical (unpaired) electrons. The van der Waals surface area contributed by atoms with Crippen LogP contribution in [0, 0.1) is 11.3 Å². The number of carbonyl (C=O) groups is 4. The van der Waals surface area contributed by atoms with Crippen LogP contribution in [0.5, 0.6) is 0 Å². The molecule has 13 nitrogen and oxygen atoms in total. The number of aromatic nitrogens is 2. The molecule has 0 spiro atoms. The molecule has 1 aromatic heterocycles. The monoisotopic (exact) mass is 622 g/mol. The van der Waals surface area contributed by atoms with E-state index in [1.54, 1.807) is 0 Å². The highest BCUT2D eigenvalue weighted by atomic mass is 31.1. The first-order valence-electron chi connectivity index (χ1n) is 15.3. The summed E-state index contributed by atoms with van der Waals surface area (Å²) in [6, 6.07) is -2.68. The van der Waals surface area contributed by atoms with Gasteiger partial charge in [-0.2, -0.15) is 0 Å². The molecule has 5 atom stereocenters. The molecule has 240 valence electrons. The van der Waals surface area contributed by atoms with E-state index in [0.717, 1.165) is 38.5 Å². The van der Waals surface area contributed by atoms with Gasteiger partial charge in [0.25, 0.3) is 5.91 Å². The molecule has 2 fully saturated rings. The maximum absolute atomic E-state index is 14.1. The van der Waals surface area contributed by atoms with Crippen LogP contribution in [0.4, 0.5) is 0 Å². The molecular formula is C29H47N6O7P. The maximum atomic E-state index is 14.1. The van der Waals surface area contributed by atoms with Gasteiger partial charge in [0, 0.05) is 18.9 Å². The molecule has 4 N–H and O–H groups in total. The first-order valence-corrected chi connectivity index (χ1v) is 16.6. The summed E-state index contributed by atoms with van der Waals surface area (Å²) in [5, 5.41) is 8.49. The lowest BCUT2D eigenvalue weighted by molar-refractivity contribution is -0.148. The first kappa shape index (κ1) is 34.6. The number of likely N-dealkylation sites (tertiary alicyclic amines) is 1. The number of carbonyl (C=O) groups excluding carboxylic acids is 4. The van der Waals surface area contributed by atoms with Gasteiger partial charge in [0.1, 0.15) is 30.0 Å². The van der Waals surface area contributed by atoms with Crippen LogP contribution in [0.1, 0.15) is 102 Å². The summed E-state index contributed by atoms with van der Waals surface area (Å²) in [6.07, 6.45) is 10.5. The van der Waals surface area contributed by atoms with Crippen LogP contribution in [-0.4, -0.2) is 74.3 Å². The predicted molar refractivity (Wildman–Crippen MR) is 160 cm³/mol. The third kappa shape index (κ3) is 10.1. The molecule has 1 saturated carbocycles. The van der Waals surface area contributed by atoms with Crippen molar-refractivity contribution in [1.29, 1.82) is 0 Å². The number of nitrogens with one attached hydrogen (secondary N) is 3. The zero-order chi connectivity index (χ0) is 31.6. The Hall–Kier alpha value is -2.89. The lowest BCUT2D eigenvalue weighted by Gasteiger charge is -2.41. The minimum atomic E-state index is -3.28. The van der Waals surface area contributed by atoms with Crippen LogP contribution >= 0.6 is 8.25 Å². The first-order chi connectivity index (χ1) is 20.4. The molecule has 1 aromatic rings. The third-order valence-electron chi connectivity index (χ3n) is 8.07. The van der Waals surface area contributed by atoms with Crippen molar-refractivity contribution >= 4 is 31.9 Å². The minimum absolute atomic E-state index is 0.0959. The number of piperidine rings is 1. The van der Waals surface area contributed by atoms with Crippen molar-refractivity contribution < 1.29 is 33.2 Å². The van der Waals surface area contributed by atoms with Crippen LogP contribution in [0.2, 0.25) is 0 Å². The Balaban J connectivity index is 1.82. The molecule has 0 bridgehead atoms. The fourth-order valence-corrected chi connectivity index (χ4v) is 6.23. The van der Waals surface area contributed by atoms with E-state index in [0.29, 0.717) is 32.2 Å². The van der Waals surface area contributed by atoms with E-state index in [1.165, 1.54) is 23.5 Å². The van der Waals surface area contributed by atoms with Crippen molar-refractivity contribution in [3.63, 3.8) is 0 Å². The molecule has 2 aliphatic rings. The van der Waals surface area contributed by atoms with E-state index in [2.05, 4.69) is 25.9 Å². The van der Waals surface area contributed by atoms with Gasteiger partial charge in [-0.15, -0.1) is 0 Å². The van der Waals surface area contributed by atoms with Gasteiger partial charge in [0.15, 0.2) is 0 Å². The Labute approximate surface area is 254 Å². The minimum Gasteiger partial charge on any atom is -0.342 e. The summed E-state index contributed by atoms with van der Waals surface area (Å²) in [5.41, 5.74) is -0.624. The van der Waals surface area contributed by atoms with E-state index in [4.69, 9.17) is 4.52 Å². The van der Waals surface area contributed by atoms with Crippen molar-refractivity contribution in [3.8, 4) is 0 Å². The van der Waals surface area contributed by atoms with Gasteiger partial charge in [-0.3, -0.25) is 33.3 Å². The summed E-state index contributed by atoms with van der Waals surface area (Å²) in [6.45, 7) is 7.71. The Bertz CT molecular complexity index is 1130. The lowest BCUT2D eigenvalue weighted by atomic mass is 9.81. The summed E-state index contributed by atoms with van der Waals surface area (Å²) in [7, 11) is -3.28. The molecule has 1 aliphatic heterocycles. The highest BCUT2D eigenvalue weighted by Crippen LogP contribution is 2.29. The Morgan fingerprint density at radius 3 is 2.35 bits per heavy atom. The number of amides is 4. The van der Waals surface area contributed by atoms with E-state index in [-0.39, 0.29) is 11.6 Å². The van der Waals surface area contributed by atoms with Crippen LogP contribution < -0.4 is 16.0 Å². The van der Waals surface area contributed by atoms with Gasteiger partial charge in [0.05, 0.1) is 6.20 Å². The molecular weight excluding hydrogens is 575 g/mol. The Morgan fingerprint density at radius 2 is 1.74 bits per heavy atom. The standard InChI is InChI=1S/C29H47N6O7P/c1-5-11-22(42-43(40)41)32-26(37)21-14-9-10-17-35(21)28(39)24(29(2,3)4)34-27(38)23(19-12-7-6-8-13-19)33-25(36)20-18-30-15-16-31-20/h15-16,18-19,21-24,43H,5-14,17H2,1-4H3,(H,32,37)(H,33,36)(H,34,38)(H,40,41)/t21-,22+,23-,24+/m0/s1. The van der Waals surface area contributed by atoms with E-state index < -0.39 is 61.7 Å². The van der Waals surface area contributed by atoms with Gasteiger partial charge < -0.3 is 25.7 Å². The summed E-state index contributed by atoms with van der Waals surface area (Å²) in [4.78, 5) is 73.2.